The summed E-state index contributed by atoms with van der Waals surface area (Å²) >= 11 is 9.07. The maximum atomic E-state index is 12.1. The van der Waals surface area contributed by atoms with Crippen molar-refractivity contribution in [3.05, 3.63) is 27.7 Å². The van der Waals surface area contributed by atoms with E-state index in [-0.39, 0.29) is 0 Å². The van der Waals surface area contributed by atoms with E-state index >= 15 is 0 Å². The van der Waals surface area contributed by atoms with E-state index in [4.69, 9.17) is 16.3 Å². The highest BCUT2D eigenvalue weighted by atomic mass is 79.9. The van der Waals surface area contributed by atoms with Crippen LogP contribution in [0, 0.1) is 0 Å². The smallest absolute Gasteiger partial charge is 0.301 e. The minimum Gasteiger partial charge on any atom is -0.379 e. The molecule has 5 nitrogen and oxygen atoms in total. The summed E-state index contributed by atoms with van der Waals surface area (Å²) in [6.45, 7) is 1.56. The first-order chi connectivity index (χ1) is 8.49. The molecule has 0 bridgehead atoms. The Hall–Kier alpha value is -0.340. The lowest BCUT2D eigenvalue weighted by molar-refractivity contribution is 0.0733. The Bertz CT molecular complexity index is 532. The second-order valence-electron chi connectivity index (χ2n) is 3.74. The molecular formula is C10H12BrClN2O3S. The van der Waals surface area contributed by atoms with Crippen LogP contribution in [0.15, 0.2) is 22.7 Å². The van der Waals surface area contributed by atoms with Crippen molar-refractivity contribution in [2.45, 2.75) is 0 Å². The summed E-state index contributed by atoms with van der Waals surface area (Å²) in [7, 11) is -3.54. The highest BCUT2D eigenvalue weighted by Gasteiger charge is 2.24. The fourth-order valence-corrected chi connectivity index (χ4v) is 3.69. The van der Waals surface area contributed by atoms with E-state index in [1.54, 1.807) is 18.2 Å². The molecular weight excluding hydrogens is 344 g/mol. The molecule has 0 atom stereocenters. The topological polar surface area (TPSA) is 58.6 Å². The van der Waals surface area contributed by atoms with Crippen molar-refractivity contribution >= 4 is 43.4 Å². The molecule has 18 heavy (non-hydrogen) atoms. The number of benzene rings is 1. The predicted octanol–water partition coefficient (Wildman–Crippen LogP) is 2.09. The Labute approximate surface area is 119 Å². The van der Waals surface area contributed by atoms with Crippen molar-refractivity contribution in [2.75, 3.05) is 31.0 Å². The molecule has 8 heteroatoms. The summed E-state index contributed by atoms with van der Waals surface area (Å²) in [6, 6.07) is 4.88. The van der Waals surface area contributed by atoms with Crippen LogP contribution in [0.5, 0.6) is 0 Å². The maximum absolute atomic E-state index is 12.1. The zero-order valence-corrected chi connectivity index (χ0v) is 12.6. The molecule has 0 saturated carbocycles. The lowest BCUT2D eigenvalue weighted by atomic mass is 10.3. The Morgan fingerprint density at radius 1 is 1.33 bits per heavy atom. The first-order valence-corrected chi connectivity index (χ1v) is 7.91. The molecule has 1 aromatic carbocycles. The van der Waals surface area contributed by atoms with Gasteiger partial charge in [-0.1, -0.05) is 11.6 Å². The largest absolute Gasteiger partial charge is 0.379 e. The van der Waals surface area contributed by atoms with Crippen LogP contribution in [0.1, 0.15) is 0 Å². The summed E-state index contributed by atoms with van der Waals surface area (Å²) in [5, 5.41) is 0.538. The molecule has 1 heterocycles. The molecule has 2 rings (SSSR count). The van der Waals surface area contributed by atoms with E-state index < -0.39 is 10.2 Å². The van der Waals surface area contributed by atoms with Crippen molar-refractivity contribution in [1.29, 1.82) is 0 Å². The molecule has 100 valence electrons. The van der Waals surface area contributed by atoms with Crippen LogP contribution in [0.25, 0.3) is 0 Å². The summed E-state index contributed by atoms with van der Waals surface area (Å²) < 4.78 is 33.8. The third kappa shape index (κ3) is 3.36. The minimum absolute atomic E-state index is 0.362. The Morgan fingerprint density at radius 2 is 2.00 bits per heavy atom. The van der Waals surface area contributed by atoms with Crippen LogP contribution in [-0.2, 0) is 14.9 Å². The molecule has 1 saturated heterocycles. The zero-order valence-electron chi connectivity index (χ0n) is 9.40. The number of rotatable bonds is 3. The van der Waals surface area contributed by atoms with Crippen LogP contribution < -0.4 is 4.72 Å². The Morgan fingerprint density at radius 3 is 2.61 bits per heavy atom. The minimum atomic E-state index is -3.54. The maximum Gasteiger partial charge on any atom is 0.301 e. The van der Waals surface area contributed by atoms with E-state index in [0.717, 1.165) is 0 Å². The van der Waals surface area contributed by atoms with Gasteiger partial charge in [0.05, 0.1) is 18.9 Å². The van der Waals surface area contributed by atoms with Crippen molar-refractivity contribution in [1.82, 2.24) is 4.31 Å². The van der Waals surface area contributed by atoms with Crippen LogP contribution in [0.2, 0.25) is 5.02 Å². The van der Waals surface area contributed by atoms with Gasteiger partial charge in [-0.3, -0.25) is 4.72 Å². The lowest BCUT2D eigenvalue weighted by Crippen LogP contribution is -2.43. The van der Waals surface area contributed by atoms with Crippen LogP contribution >= 0.6 is 27.5 Å². The number of morpholine rings is 1. The van der Waals surface area contributed by atoms with Gasteiger partial charge in [0.25, 0.3) is 0 Å². The highest BCUT2D eigenvalue weighted by molar-refractivity contribution is 9.10. The highest BCUT2D eigenvalue weighted by Crippen LogP contribution is 2.27. The number of nitrogens with zero attached hydrogens (tertiary/aromatic N) is 1. The second-order valence-corrected chi connectivity index (χ2v) is 6.70. The molecule has 0 unspecified atom stereocenters. The average molecular weight is 356 g/mol. The Kier molecular flexibility index (Phi) is 4.50. The van der Waals surface area contributed by atoms with Crippen molar-refractivity contribution in [3.8, 4) is 0 Å². The number of halogens is 2. The zero-order chi connectivity index (χ0) is 13.2. The molecule has 0 aliphatic carbocycles. The fourth-order valence-electron chi connectivity index (χ4n) is 1.56. The summed E-state index contributed by atoms with van der Waals surface area (Å²) in [5.74, 6) is 0. The quantitative estimate of drug-likeness (QED) is 0.903. The first kappa shape index (κ1) is 14.1. The van der Waals surface area contributed by atoms with Gasteiger partial charge in [0.15, 0.2) is 0 Å². The van der Waals surface area contributed by atoms with E-state index in [0.29, 0.717) is 41.5 Å². The van der Waals surface area contributed by atoms with Gasteiger partial charge in [-0.05, 0) is 34.1 Å². The normalized spacial score (nSPS) is 17.7. The van der Waals surface area contributed by atoms with Crippen molar-refractivity contribution in [3.63, 3.8) is 0 Å². The number of hydrogen-bond acceptors (Lipinski definition) is 3. The van der Waals surface area contributed by atoms with E-state index in [9.17, 15) is 8.42 Å². The number of ether oxygens (including phenoxy) is 1. The molecule has 0 amide bonds. The Balaban J connectivity index is 2.16. The van der Waals surface area contributed by atoms with Gasteiger partial charge in [0, 0.05) is 22.6 Å². The van der Waals surface area contributed by atoms with Crippen LogP contribution in [-0.4, -0.2) is 39.0 Å². The molecule has 1 fully saturated rings. The second kappa shape index (κ2) is 5.75. The SMILES string of the molecule is O=S(=O)(Nc1ccc(Cl)cc1Br)N1CCOCC1. The molecule has 0 spiro atoms. The monoisotopic (exact) mass is 354 g/mol. The van der Waals surface area contributed by atoms with Gasteiger partial charge in [-0.15, -0.1) is 0 Å². The van der Waals surface area contributed by atoms with Crippen LogP contribution in [0.4, 0.5) is 5.69 Å². The van der Waals surface area contributed by atoms with Gasteiger partial charge < -0.3 is 4.74 Å². The van der Waals surface area contributed by atoms with Gasteiger partial charge in [0.2, 0.25) is 0 Å². The molecule has 0 aromatic heterocycles. The number of nitrogens with one attached hydrogen (secondary N) is 1. The summed E-state index contributed by atoms with van der Waals surface area (Å²) in [6.07, 6.45) is 0. The van der Waals surface area contributed by atoms with Gasteiger partial charge in [-0.2, -0.15) is 12.7 Å². The number of anilines is 1. The van der Waals surface area contributed by atoms with Gasteiger partial charge >= 0.3 is 10.2 Å². The average Bonchev–Trinajstić information content (AvgIpc) is 2.34. The molecule has 1 aliphatic rings. The van der Waals surface area contributed by atoms with Gasteiger partial charge in [-0.25, -0.2) is 0 Å². The van der Waals surface area contributed by atoms with E-state index in [2.05, 4.69) is 20.7 Å². The molecule has 1 N–H and O–H groups in total. The molecule has 0 radical (unpaired) electrons. The van der Waals surface area contributed by atoms with Crippen molar-refractivity contribution < 1.29 is 13.2 Å². The fraction of sp³-hybridized carbons (Fsp3) is 0.400. The predicted molar refractivity (Wildman–Crippen MR) is 74.1 cm³/mol. The van der Waals surface area contributed by atoms with Crippen LogP contribution in [0.3, 0.4) is 0 Å². The first-order valence-electron chi connectivity index (χ1n) is 5.30. The molecule has 1 aromatic rings. The van der Waals surface area contributed by atoms with E-state index in [1.165, 1.54) is 4.31 Å². The third-order valence-corrected chi connectivity index (χ3v) is 4.89. The summed E-state index contributed by atoms with van der Waals surface area (Å²) in [4.78, 5) is 0. The third-order valence-electron chi connectivity index (χ3n) is 2.48. The lowest BCUT2D eigenvalue weighted by Gasteiger charge is -2.26. The standard InChI is InChI=1S/C10H12BrClN2O3S/c11-9-7-8(12)1-2-10(9)13-18(15,16)14-3-5-17-6-4-14/h1-2,7,13H,3-6H2. The molecule has 1 aliphatic heterocycles. The van der Waals surface area contributed by atoms with Gasteiger partial charge in [0.1, 0.15) is 0 Å². The van der Waals surface area contributed by atoms with E-state index in [1.807, 2.05) is 0 Å². The summed E-state index contributed by atoms with van der Waals surface area (Å²) in [5.41, 5.74) is 0.464. The van der Waals surface area contributed by atoms with Crippen molar-refractivity contribution in [2.24, 2.45) is 0 Å². The number of hydrogen-bond donors (Lipinski definition) is 1.